The number of rotatable bonds is 6. The molecule has 238 valence electrons. The van der Waals surface area contributed by atoms with Crippen molar-refractivity contribution in [2.45, 2.75) is 86.0 Å². The number of aryl methyl sites for hydroxylation is 3. The first-order valence-electron chi connectivity index (χ1n) is 16.2. The topological polar surface area (TPSA) is 60.7 Å². The third-order valence-corrected chi connectivity index (χ3v) is 8.91. The molecule has 5 rings (SSSR count). The van der Waals surface area contributed by atoms with E-state index < -0.39 is 0 Å². The van der Waals surface area contributed by atoms with Gasteiger partial charge in [-0.25, -0.2) is 0 Å². The lowest BCUT2D eigenvalue weighted by Gasteiger charge is -2.24. The van der Waals surface area contributed by atoms with Gasteiger partial charge in [0, 0.05) is 24.0 Å². The molecule has 0 radical (unpaired) electrons. The van der Waals surface area contributed by atoms with Gasteiger partial charge in [0.05, 0.1) is 0 Å². The number of benzene rings is 5. The molecular formula is C43H48O3. The average Bonchev–Trinajstić information content (AvgIpc) is 2.97. The number of hydrogen-bond donors (Lipinski definition) is 3. The minimum Gasteiger partial charge on any atom is -0.507 e. The molecule has 0 unspecified atom stereocenters. The molecular weight excluding hydrogens is 564 g/mol. The maximum Gasteiger partial charge on any atom is 0.131 e. The molecule has 0 aromatic heterocycles. The standard InChI is InChI=1S/C43H48O3/c1-26-18-31(39(44)37(22-26)42(4,5)6)24-29-14-10-12-16-33(29)35-20-28(3)21-36(41(35)46)34-17-13-11-15-30(34)25-32-19-27(2)23-38(40(32)45)43(7,8)9/h10-23,44-46H,24-25H2,1-9H3. The SMILES string of the molecule is Cc1cc(-c2ccccc2Cc2cc(C)cc(C(C)(C)C)c2O)c(O)c(-c2ccccc2Cc2cc(C)cc(C(C)(C)C)c2O)c1. The van der Waals surface area contributed by atoms with Crippen LogP contribution in [0.15, 0.2) is 84.9 Å². The van der Waals surface area contributed by atoms with E-state index in [0.29, 0.717) is 24.3 Å². The van der Waals surface area contributed by atoms with Crippen molar-refractivity contribution in [1.82, 2.24) is 0 Å². The van der Waals surface area contributed by atoms with Crippen molar-refractivity contribution in [3.8, 4) is 39.5 Å². The van der Waals surface area contributed by atoms with Gasteiger partial charge in [0.25, 0.3) is 0 Å². The molecule has 0 amide bonds. The average molecular weight is 613 g/mol. The van der Waals surface area contributed by atoms with Crippen LogP contribution in [0.1, 0.15) is 91.6 Å². The Kier molecular flexibility index (Phi) is 8.84. The van der Waals surface area contributed by atoms with Gasteiger partial charge in [0.15, 0.2) is 0 Å². The highest BCUT2D eigenvalue weighted by atomic mass is 16.3. The molecule has 0 aliphatic heterocycles. The van der Waals surface area contributed by atoms with Gasteiger partial charge in [0.2, 0.25) is 0 Å². The van der Waals surface area contributed by atoms with Crippen molar-refractivity contribution in [2.75, 3.05) is 0 Å². The largest absolute Gasteiger partial charge is 0.507 e. The van der Waals surface area contributed by atoms with Gasteiger partial charge >= 0.3 is 0 Å². The lowest BCUT2D eigenvalue weighted by molar-refractivity contribution is 0.440. The van der Waals surface area contributed by atoms with E-state index in [1.54, 1.807) is 0 Å². The molecule has 5 aromatic rings. The summed E-state index contributed by atoms with van der Waals surface area (Å²) in [4.78, 5) is 0. The van der Waals surface area contributed by atoms with Crippen molar-refractivity contribution in [2.24, 2.45) is 0 Å². The molecule has 3 heteroatoms. The normalized spacial score (nSPS) is 12.0. The van der Waals surface area contributed by atoms with Crippen LogP contribution in [0.2, 0.25) is 0 Å². The Morgan fingerprint density at radius 1 is 0.413 bits per heavy atom. The van der Waals surface area contributed by atoms with Crippen LogP contribution in [0.4, 0.5) is 0 Å². The summed E-state index contributed by atoms with van der Waals surface area (Å²) < 4.78 is 0. The molecule has 0 saturated carbocycles. The van der Waals surface area contributed by atoms with Crippen LogP contribution in [-0.2, 0) is 23.7 Å². The fraction of sp³-hybridized carbons (Fsp3) is 0.302. The van der Waals surface area contributed by atoms with E-state index in [1.165, 1.54) is 0 Å². The Balaban J connectivity index is 1.61. The van der Waals surface area contributed by atoms with Gasteiger partial charge in [-0.05, 0) is 93.8 Å². The molecule has 0 bridgehead atoms. The summed E-state index contributed by atoms with van der Waals surface area (Å²) in [6.45, 7) is 18.9. The first kappa shape index (κ1) is 32.9. The molecule has 5 aromatic carbocycles. The van der Waals surface area contributed by atoms with Crippen LogP contribution in [0, 0.1) is 20.8 Å². The Hall–Kier alpha value is -4.50. The second kappa shape index (κ2) is 12.4. The van der Waals surface area contributed by atoms with Gasteiger partial charge in [-0.1, -0.05) is 125 Å². The maximum absolute atomic E-state index is 12.0. The van der Waals surface area contributed by atoms with Gasteiger partial charge < -0.3 is 15.3 Å². The van der Waals surface area contributed by atoms with Crippen LogP contribution in [0.3, 0.4) is 0 Å². The summed E-state index contributed by atoms with van der Waals surface area (Å²) >= 11 is 0. The Bertz CT molecular complexity index is 1780. The molecule has 3 nitrogen and oxygen atoms in total. The molecule has 3 N–H and O–H groups in total. The second-order valence-corrected chi connectivity index (χ2v) is 15.0. The molecule has 46 heavy (non-hydrogen) atoms. The van der Waals surface area contributed by atoms with Crippen LogP contribution in [0.5, 0.6) is 17.2 Å². The summed E-state index contributed by atoms with van der Waals surface area (Å²) in [5.74, 6) is 0.896. The summed E-state index contributed by atoms with van der Waals surface area (Å²) in [6, 6.07) is 28.6. The van der Waals surface area contributed by atoms with E-state index >= 15 is 0 Å². The third kappa shape index (κ3) is 6.70. The zero-order valence-electron chi connectivity index (χ0n) is 28.8. The van der Waals surface area contributed by atoms with Gasteiger partial charge in [-0.2, -0.15) is 0 Å². The lowest BCUT2D eigenvalue weighted by Crippen LogP contribution is -2.12. The zero-order valence-corrected chi connectivity index (χ0v) is 28.8. The molecule has 0 saturated heterocycles. The Morgan fingerprint density at radius 3 is 1.13 bits per heavy atom. The second-order valence-electron chi connectivity index (χ2n) is 15.0. The molecule has 0 atom stereocenters. The number of hydrogen-bond acceptors (Lipinski definition) is 3. The molecule has 0 fully saturated rings. The van der Waals surface area contributed by atoms with Crippen molar-refractivity contribution in [3.63, 3.8) is 0 Å². The zero-order chi connectivity index (χ0) is 33.6. The van der Waals surface area contributed by atoms with Crippen LogP contribution >= 0.6 is 0 Å². The predicted octanol–water partition coefficient (Wildman–Crippen LogP) is 10.8. The van der Waals surface area contributed by atoms with Crippen molar-refractivity contribution in [1.29, 1.82) is 0 Å². The molecule has 0 spiro atoms. The number of phenols is 3. The summed E-state index contributed by atoms with van der Waals surface area (Å²) in [6.07, 6.45) is 1.07. The lowest BCUT2D eigenvalue weighted by atomic mass is 9.82. The quantitative estimate of drug-likeness (QED) is 0.179. The summed E-state index contributed by atoms with van der Waals surface area (Å²) in [5, 5.41) is 34.7. The highest BCUT2D eigenvalue weighted by Gasteiger charge is 2.24. The number of aromatic hydroxyl groups is 3. The first-order valence-corrected chi connectivity index (χ1v) is 16.2. The Morgan fingerprint density at radius 2 is 0.761 bits per heavy atom. The predicted molar refractivity (Wildman–Crippen MR) is 192 cm³/mol. The monoisotopic (exact) mass is 612 g/mol. The fourth-order valence-corrected chi connectivity index (χ4v) is 6.59. The van der Waals surface area contributed by atoms with E-state index in [0.717, 1.165) is 72.3 Å². The van der Waals surface area contributed by atoms with Gasteiger partial charge in [0.1, 0.15) is 17.2 Å². The number of phenolic OH excluding ortho intramolecular Hbond substituents is 3. The smallest absolute Gasteiger partial charge is 0.131 e. The minimum atomic E-state index is -0.189. The van der Waals surface area contributed by atoms with Crippen molar-refractivity contribution < 1.29 is 15.3 Å². The van der Waals surface area contributed by atoms with Gasteiger partial charge in [-0.3, -0.25) is 0 Å². The maximum atomic E-state index is 12.0. The summed E-state index contributed by atoms with van der Waals surface area (Å²) in [5.41, 5.74) is 12.0. The van der Waals surface area contributed by atoms with Crippen molar-refractivity contribution >= 4 is 0 Å². The van der Waals surface area contributed by atoms with E-state index in [2.05, 4.69) is 111 Å². The molecule has 0 aliphatic rings. The van der Waals surface area contributed by atoms with Crippen molar-refractivity contribution in [3.05, 3.63) is 135 Å². The highest BCUT2D eigenvalue weighted by molar-refractivity contribution is 5.85. The minimum absolute atomic E-state index is 0.189. The highest BCUT2D eigenvalue weighted by Crippen LogP contribution is 2.44. The van der Waals surface area contributed by atoms with E-state index in [4.69, 9.17) is 0 Å². The molecule has 0 heterocycles. The van der Waals surface area contributed by atoms with Crippen LogP contribution in [0.25, 0.3) is 22.3 Å². The summed E-state index contributed by atoms with van der Waals surface area (Å²) in [7, 11) is 0. The van der Waals surface area contributed by atoms with E-state index in [-0.39, 0.29) is 16.6 Å². The Labute approximate surface area is 275 Å². The van der Waals surface area contributed by atoms with Gasteiger partial charge in [-0.15, -0.1) is 0 Å². The fourth-order valence-electron chi connectivity index (χ4n) is 6.59. The van der Waals surface area contributed by atoms with E-state index in [1.807, 2.05) is 36.4 Å². The van der Waals surface area contributed by atoms with Crippen LogP contribution in [-0.4, -0.2) is 15.3 Å². The van der Waals surface area contributed by atoms with Crippen LogP contribution < -0.4 is 0 Å². The third-order valence-electron chi connectivity index (χ3n) is 8.91. The first-order chi connectivity index (χ1) is 21.5. The van der Waals surface area contributed by atoms with E-state index in [9.17, 15) is 15.3 Å². The molecule has 0 aliphatic carbocycles.